The zero-order valence-corrected chi connectivity index (χ0v) is 11.0. The second-order valence-electron chi connectivity index (χ2n) is 5.14. The zero-order chi connectivity index (χ0) is 12.0. The van der Waals surface area contributed by atoms with Crippen LogP contribution in [0.1, 0.15) is 46.5 Å². The van der Waals surface area contributed by atoms with E-state index >= 15 is 0 Å². The van der Waals surface area contributed by atoms with Crippen LogP contribution in [0, 0.1) is 5.41 Å². The Kier molecular flexibility index (Phi) is 5.73. The van der Waals surface area contributed by atoms with Gasteiger partial charge in [0.25, 0.3) is 0 Å². The molecule has 3 heteroatoms. The lowest BCUT2D eigenvalue weighted by molar-refractivity contribution is 0.0502. The van der Waals surface area contributed by atoms with E-state index in [1.807, 2.05) is 0 Å². The SMILES string of the molecule is CCC(CC)(CO)CNCC1CCC(C)O1. The van der Waals surface area contributed by atoms with Crippen LogP contribution in [0.3, 0.4) is 0 Å². The third-order valence-corrected chi connectivity index (χ3v) is 4.03. The van der Waals surface area contributed by atoms with E-state index in [1.54, 1.807) is 0 Å². The Hall–Kier alpha value is -0.120. The van der Waals surface area contributed by atoms with Gasteiger partial charge in [-0.3, -0.25) is 0 Å². The molecule has 3 nitrogen and oxygen atoms in total. The third-order valence-electron chi connectivity index (χ3n) is 4.03. The van der Waals surface area contributed by atoms with Crippen LogP contribution >= 0.6 is 0 Å². The monoisotopic (exact) mass is 229 g/mol. The van der Waals surface area contributed by atoms with Crippen molar-refractivity contribution in [3.05, 3.63) is 0 Å². The van der Waals surface area contributed by atoms with E-state index in [0.717, 1.165) is 25.9 Å². The van der Waals surface area contributed by atoms with Gasteiger partial charge >= 0.3 is 0 Å². The maximum atomic E-state index is 9.44. The molecule has 1 aliphatic heterocycles. The van der Waals surface area contributed by atoms with Gasteiger partial charge in [-0.05, 0) is 32.6 Å². The lowest BCUT2D eigenvalue weighted by atomic mass is 9.83. The third kappa shape index (κ3) is 3.72. The maximum absolute atomic E-state index is 9.44. The van der Waals surface area contributed by atoms with Gasteiger partial charge in [0.1, 0.15) is 0 Å². The zero-order valence-electron chi connectivity index (χ0n) is 11.0. The molecule has 1 saturated heterocycles. The topological polar surface area (TPSA) is 41.5 Å². The minimum Gasteiger partial charge on any atom is -0.396 e. The number of ether oxygens (including phenoxy) is 1. The average molecular weight is 229 g/mol. The lowest BCUT2D eigenvalue weighted by Gasteiger charge is -2.30. The van der Waals surface area contributed by atoms with Gasteiger partial charge in [-0.1, -0.05) is 13.8 Å². The summed E-state index contributed by atoms with van der Waals surface area (Å²) in [4.78, 5) is 0. The van der Waals surface area contributed by atoms with E-state index < -0.39 is 0 Å². The number of nitrogens with one attached hydrogen (secondary N) is 1. The standard InChI is InChI=1S/C13H27NO2/c1-4-13(5-2,10-15)9-14-8-12-7-6-11(3)16-12/h11-12,14-15H,4-10H2,1-3H3. The fourth-order valence-electron chi connectivity index (χ4n) is 2.31. The Bertz CT molecular complexity index is 184. The normalized spacial score (nSPS) is 26.2. The Balaban J connectivity index is 2.23. The molecular formula is C13H27NO2. The molecule has 0 aliphatic carbocycles. The molecule has 0 bridgehead atoms. The molecule has 2 atom stereocenters. The summed E-state index contributed by atoms with van der Waals surface area (Å²) >= 11 is 0. The van der Waals surface area contributed by atoms with Gasteiger partial charge in [0.05, 0.1) is 12.2 Å². The van der Waals surface area contributed by atoms with Gasteiger partial charge in [-0.25, -0.2) is 0 Å². The second kappa shape index (κ2) is 6.58. The van der Waals surface area contributed by atoms with Crippen molar-refractivity contribution in [2.24, 2.45) is 5.41 Å². The summed E-state index contributed by atoms with van der Waals surface area (Å²) in [6.07, 6.45) is 5.19. The first-order valence-corrected chi connectivity index (χ1v) is 6.63. The molecule has 0 spiro atoms. The number of hydrogen-bond acceptors (Lipinski definition) is 3. The molecule has 1 fully saturated rings. The molecular weight excluding hydrogens is 202 g/mol. The molecule has 1 rings (SSSR count). The number of aliphatic hydroxyl groups is 1. The summed E-state index contributed by atoms with van der Waals surface area (Å²) in [6.45, 7) is 8.52. The van der Waals surface area contributed by atoms with Gasteiger partial charge in [-0.15, -0.1) is 0 Å². The van der Waals surface area contributed by atoms with Crippen molar-refractivity contribution in [1.29, 1.82) is 0 Å². The molecule has 0 aromatic carbocycles. The van der Waals surface area contributed by atoms with Crippen LogP contribution in [0.4, 0.5) is 0 Å². The van der Waals surface area contributed by atoms with Crippen molar-refractivity contribution >= 4 is 0 Å². The minimum atomic E-state index is 0.0597. The van der Waals surface area contributed by atoms with Crippen LogP contribution in [-0.4, -0.2) is 37.0 Å². The van der Waals surface area contributed by atoms with E-state index in [1.165, 1.54) is 12.8 Å². The minimum absolute atomic E-state index is 0.0597. The molecule has 16 heavy (non-hydrogen) atoms. The molecule has 1 aliphatic rings. The first-order chi connectivity index (χ1) is 7.65. The van der Waals surface area contributed by atoms with Crippen molar-refractivity contribution in [1.82, 2.24) is 5.32 Å². The van der Waals surface area contributed by atoms with Crippen LogP contribution in [0.25, 0.3) is 0 Å². The molecule has 0 amide bonds. The Morgan fingerprint density at radius 1 is 1.31 bits per heavy atom. The van der Waals surface area contributed by atoms with Gasteiger partial charge in [0.15, 0.2) is 0 Å². The molecule has 0 saturated carbocycles. The average Bonchev–Trinajstić information content (AvgIpc) is 2.71. The van der Waals surface area contributed by atoms with E-state index in [9.17, 15) is 5.11 Å². The quantitative estimate of drug-likeness (QED) is 0.701. The van der Waals surface area contributed by atoms with Crippen molar-refractivity contribution < 1.29 is 9.84 Å². The van der Waals surface area contributed by atoms with Crippen molar-refractivity contribution in [2.45, 2.75) is 58.7 Å². The fraction of sp³-hybridized carbons (Fsp3) is 1.00. The summed E-state index contributed by atoms with van der Waals surface area (Å²) in [7, 11) is 0. The van der Waals surface area contributed by atoms with Crippen LogP contribution in [-0.2, 0) is 4.74 Å². The summed E-state index contributed by atoms with van der Waals surface area (Å²) in [5.74, 6) is 0. The number of hydrogen-bond donors (Lipinski definition) is 2. The van der Waals surface area contributed by atoms with E-state index in [0.29, 0.717) is 12.2 Å². The van der Waals surface area contributed by atoms with E-state index in [2.05, 4.69) is 26.1 Å². The first-order valence-electron chi connectivity index (χ1n) is 6.63. The van der Waals surface area contributed by atoms with Crippen LogP contribution < -0.4 is 5.32 Å². The number of rotatable bonds is 7. The molecule has 0 radical (unpaired) electrons. The van der Waals surface area contributed by atoms with Gasteiger partial charge in [0, 0.05) is 25.1 Å². The first kappa shape index (κ1) is 13.9. The maximum Gasteiger partial charge on any atom is 0.0704 e. The highest BCUT2D eigenvalue weighted by atomic mass is 16.5. The lowest BCUT2D eigenvalue weighted by Crippen LogP contribution is -2.39. The molecule has 1 heterocycles. The molecule has 2 unspecified atom stereocenters. The van der Waals surface area contributed by atoms with Crippen LogP contribution in [0.5, 0.6) is 0 Å². The second-order valence-corrected chi connectivity index (χ2v) is 5.14. The number of aliphatic hydroxyl groups excluding tert-OH is 1. The molecule has 96 valence electrons. The van der Waals surface area contributed by atoms with Crippen LogP contribution in [0.15, 0.2) is 0 Å². The van der Waals surface area contributed by atoms with Crippen molar-refractivity contribution in [2.75, 3.05) is 19.7 Å². The predicted molar refractivity (Wildman–Crippen MR) is 66.5 cm³/mol. The predicted octanol–water partition coefficient (Wildman–Crippen LogP) is 1.94. The van der Waals surface area contributed by atoms with E-state index in [4.69, 9.17) is 4.74 Å². The van der Waals surface area contributed by atoms with Crippen molar-refractivity contribution in [3.63, 3.8) is 0 Å². The molecule has 0 aromatic heterocycles. The molecule has 0 aromatic rings. The largest absolute Gasteiger partial charge is 0.396 e. The highest BCUT2D eigenvalue weighted by Crippen LogP contribution is 2.24. The summed E-state index contributed by atoms with van der Waals surface area (Å²) < 4.78 is 5.75. The summed E-state index contributed by atoms with van der Waals surface area (Å²) in [5, 5.41) is 12.9. The van der Waals surface area contributed by atoms with Gasteiger partial charge < -0.3 is 15.2 Å². The Morgan fingerprint density at radius 2 is 2.00 bits per heavy atom. The molecule has 2 N–H and O–H groups in total. The Morgan fingerprint density at radius 3 is 2.44 bits per heavy atom. The summed E-state index contributed by atoms with van der Waals surface area (Å²) in [5.41, 5.74) is 0.0597. The van der Waals surface area contributed by atoms with E-state index in [-0.39, 0.29) is 12.0 Å². The fourth-order valence-corrected chi connectivity index (χ4v) is 2.31. The smallest absolute Gasteiger partial charge is 0.0704 e. The van der Waals surface area contributed by atoms with Gasteiger partial charge in [0.2, 0.25) is 0 Å². The Labute approximate surface area is 99.6 Å². The van der Waals surface area contributed by atoms with Crippen LogP contribution in [0.2, 0.25) is 0 Å². The van der Waals surface area contributed by atoms with Gasteiger partial charge in [-0.2, -0.15) is 0 Å². The van der Waals surface area contributed by atoms with Crippen molar-refractivity contribution in [3.8, 4) is 0 Å². The highest BCUT2D eigenvalue weighted by Gasteiger charge is 2.26. The highest BCUT2D eigenvalue weighted by molar-refractivity contribution is 4.80. The summed E-state index contributed by atoms with van der Waals surface area (Å²) in [6, 6.07) is 0.